The highest BCUT2D eigenvalue weighted by Gasteiger charge is 1.96. The summed E-state index contributed by atoms with van der Waals surface area (Å²) in [6, 6.07) is 5.44. The molecular formula is C7H8N4. The van der Waals surface area contributed by atoms with E-state index in [1.807, 2.05) is 6.07 Å². The lowest BCUT2D eigenvalue weighted by Gasteiger charge is -2.13. The van der Waals surface area contributed by atoms with Gasteiger partial charge in [-0.15, -0.1) is 0 Å². The molecule has 1 aromatic heterocycles. The van der Waals surface area contributed by atoms with Crippen LogP contribution in [0.2, 0.25) is 0 Å². The van der Waals surface area contributed by atoms with Gasteiger partial charge in [-0.25, -0.2) is 5.84 Å². The van der Waals surface area contributed by atoms with Crippen molar-refractivity contribution in [3.05, 3.63) is 24.5 Å². The van der Waals surface area contributed by atoms with Gasteiger partial charge in [0.1, 0.15) is 6.54 Å². The van der Waals surface area contributed by atoms with E-state index in [2.05, 4.69) is 4.98 Å². The molecule has 0 aromatic carbocycles. The van der Waals surface area contributed by atoms with Gasteiger partial charge in [0.25, 0.3) is 0 Å². The standard InChI is InChI=1S/C7H8N4/c8-3-6-11(9)7-1-4-10-5-2-7/h1-2,4-5H,6,9H2. The zero-order chi connectivity index (χ0) is 8.10. The summed E-state index contributed by atoms with van der Waals surface area (Å²) in [5.41, 5.74) is 0.793. The predicted octanol–water partition coefficient (Wildman–Crippen LogP) is 0.285. The Labute approximate surface area is 64.8 Å². The molecule has 0 atom stereocenters. The van der Waals surface area contributed by atoms with E-state index < -0.39 is 0 Å². The fraction of sp³-hybridized carbons (Fsp3) is 0.143. The number of aromatic nitrogens is 1. The first-order chi connectivity index (χ1) is 5.34. The molecule has 0 aliphatic heterocycles. The molecule has 0 bridgehead atoms. The van der Waals surface area contributed by atoms with Crippen LogP contribution in [-0.2, 0) is 0 Å². The first-order valence-corrected chi connectivity index (χ1v) is 3.14. The SMILES string of the molecule is N#CCN(N)c1ccncc1. The molecule has 0 unspecified atom stereocenters. The summed E-state index contributed by atoms with van der Waals surface area (Å²) in [7, 11) is 0. The number of nitrogens with two attached hydrogens (primary N) is 1. The molecule has 1 heterocycles. The maximum atomic E-state index is 8.31. The average Bonchev–Trinajstić information content (AvgIpc) is 2.07. The van der Waals surface area contributed by atoms with E-state index in [1.54, 1.807) is 24.5 Å². The number of nitriles is 1. The molecule has 56 valence electrons. The molecule has 1 aromatic rings. The third kappa shape index (κ3) is 1.92. The van der Waals surface area contributed by atoms with Gasteiger partial charge in [0, 0.05) is 12.4 Å². The van der Waals surface area contributed by atoms with Gasteiger partial charge in [-0.05, 0) is 12.1 Å². The van der Waals surface area contributed by atoms with Crippen LogP contribution in [0.1, 0.15) is 0 Å². The first-order valence-electron chi connectivity index (χ1n) is 3.14. The van der Waals surface area contributed by atoms with E-state index in [9.17, 15) is 0 Å². The van der Waals surface area contributed by atoms with Crippen LogP contribution in [0.15, 0.2) is 24.5 Å². The molecule has 1 rings (SSSR count). The fourth-order valence-corrected chi connectivity index (χ4v) is 0.703. The van der Waals surface area contributed by atoms with Crippen LogP contribution < -0.4 is 10.9 Å². The molecule has 4 heteroatoms. The molecule has 0 saturated carbocycles. The van der Waals surface area contributed by atoms with E-state index in [4.69, 9.17) is 11.1 Å². The third-order valence-electron chi connectivity index (χ3n) is 1.24. The molecule has 0 aliphatic rings. The molecule has 0 radical (unpaired) electrons. The van der Waals surface area contributed by atoms with Crippen molar-refractivity contribution in [3.63, 3.8) is 0 Å². The molecule has 0 spiro atoms. The molecule has 0 aliphatic carbocycles. The molecular weight excluding hydrogens is 140 g/mol. The zero-order valence-electron chi connectivity index (χ0n) is 5.94. The first kappa shape index (κ1) is 7.51. The predicted molar refractivity (Wildman–Crippen MR) is 41.4 cm³/mol. The number of hydrazine groups is 1. The van der Waals surface area contributed by atoms with Crippen LogP contribution in [0.5, 0.6) is 0 Å². The second kappa shape index (κ2) is 3.54. The number of pyridine rings is 1. The number of hydrogen-bond acceptors (Lipinski definition) is 4. The number of hydrogen-bond donors (Lipinski definition) is 1. The molecule has 0 saturated heterocycles. The Bertz CT molecular complexity index is 251. The Kier molecular flexibility index (Phi) is 2.42. The summed E-state index contributed by atoms with van der Waals surface area (Å²) < 4.78 is 0. The lowest BCUT2D eigenvalue weighted by Crippen LogP contribution is -2.30. The topological polar surface area (TPSA) is 65.9 Å². The van der Waals surface area contributed by atoms with Crippen molar-refractivity contribution in [2.45, 2.75) is 0 Å². The Morgan fingerprint density at radius 2 is 2.18 bits per heavy atom. The maximum absolute atomic E-state index is 8.31. The highest BCUT2D eigenvalue weighted by Crippen LogP contribution is 2.05. The van der Waals surface area contributed by atoms with E-state index in [-0.39, 0.29) is 6.54 Å². The minimum Gasteiger partial charge on any atom is -0.297 e. The van der Waals surface area contributed by atoms with Gasteiger partial charge in [-0.2, -0.15) is 5.26 Å². The van der Waals surface area contributed by atoms with Gasteiger partial charge >= 0.3 is 0 Å². The van der Waals surface area contributed by atoms with Crippen molar-refractivity contribution >= 4 is 5.69 Å². The summed E-state index contributed by atoms with van der Waals surface area (Å²) in [5, 5.41) is 9.67. The van der Waals surface area contributed by atoms with Gasteiger partial charge in [0.05, 0.1) is 11.8 Å². The van der Waals surface area contributed by atoms with Crippen LogP contribution >= 0.6 is 0 Å². The summed E-state index contributed by atoms with van der Waals surface area (Å²) in [6.45, 7) is 0.185. The minimum atomic E-state index is 0.185. The largest absolute Gasteiger partial charge is 0.297 e. The van der Waals surface area contributed by atoms with E-state index in [1.165, 1.54) is 5.01 Å². The van der Waals surface area contributed by atoms with E-state index >= 15 is 0 Å². The Hall–Kier alpha value is -1.60. The van der Waals surface area contributed by atoms with Crippen LogP contribution in [-0.4, -0.2) is 11.5 Å². The highest BCUT2D eigenvalue weighted by atomic mass is 15.4. The maximum Gasteiger partial charge on any atom is 0.121 e. The monoisotopic (exact) mass is 148 g/mol. The molecule has 2 N–H and O–H groups in total. The summed E-state index contributed by atoms with van der Waals surface area (Å²) >= 11 is 0. The number of anilines is 1. The van der Waals surface area contributed by atoms with Gasteiger partial charge in [0.15, 0.2) is 0 Å². The summed E-state index contributed by atoms with van der Waals surface area (Å²) in [4.78, 5) is 3.82. The summed E-state index contributed by atoms with van der Waals surface area (Å²) in [5.74, 6) is 5.49. The van der Waals surface area contributed by atoms with Crippen LogP contribution in [0.4, 0.5) is 5.69 Å². The van der Waals surface area contributed by atoms with Gasteiger partial charge in [-0.3, -0.25) is 9.99 Å². The summed E-state index contributed by atoms with van der Waals surface area (Å²) in [6.07, 6.45) is 3.26. The molecule has 0 fully saturated rings. The fourth-order valence-electron chi connectivity index (χ4n) is 0.703. The van der Waals surface area contributed by atoms with E-state index in [0.717, 1.165) is 5.69 Å². The number of nitrogens with zero attached hydrogens (tertiary/aromatic N) is 3. The molecule has 4 nitrogen and oxygen atoms in total. The lowest BCUT2D eigenvalue weighted by atomic mass is 10.4. The van der Waals surface area contributed by atoms with Gasteiger partial charge in [0.2, 0.25) is 0 Å². The van der Waals surface area contributed by atoms with Crippen molar-refractivity contribution < 1.29 is 0 Å². The average molecular weight is 148 g/mol. The Morgan fingerprint density at radius 1 is 1.55 bits per heavy atom. The number of rotatable bonds is 2. The lowest BCUT2D eigenvalue weighted by molar-refractivity contribution is 0.943. The Balaban J connectivity index is 2.70. The normalized spacial score (nSPS) is 8.73. The second-order valence-corrected chi connectivity index (χ2v) is 1.99. The van der Waals surface area contributed by atoms with E-state index in [0.29, 0.717) is 0 Å². The molecule has 11 heavy (non-hydrogen) atoms. The van der Waals surface area contributed by atoms with Crippen molar-refractivity contribution in [1.82, 2.24) is 4.98 Å². The minimum absolute atomic E-state index is 0.185. The quantitative estimate of drug-likeness (QED) is 0.372. The van der Waals surface area contributed by atoms with Crippen LogP contribution in [0.25, 0.3) is 0 Å². The second-order valence-electron chi connectivity index (χ2n) is 1.99. The molecule has 0 amide bonds. The van der Waals surface area contributed by atoms with Crippen LogP contribution in [0, 0.1) is 11.3 Å². The van der Waals surface area contributed by atoms with Crippen molar-refractivity contribution in [1.29, 1.82) is 5.26 Å². The van der Waals surface area contributed by atoms with Crippen molar-refractivity contribution in [2.75, 3.05) is 11.6 Å². The van der Waals surface area contributed by atoms with Crippen LogP contribution in [0.3, 0.4) is 0 Å². The zero-order valence-corrected chi connectivity index (χ0v) is 5.94. The third-order valence-corrected chi connectivity index (χ3v) is 1.24. The van der Waals surface area contributed by atoms with Crippen molar-refractivity contribution in [3.8, 4) is 6.07 Å². The van der Waals surface area contributed by atoms with Crippen molar-refractivity contribution in [2.24, 2.45) is 5.84 Å². The smallest absolute Gasteiger partial charge is 0.121 e. The highest BCUT2D eigenvalue weighted by molar-refractivity contribution is 5.43. The van der Waals surface area contributed by atoms with Gasteiger partial charge < -0.3 is 0 Å². The Morgan fingerprint density at radius 3 is 2.73 bits per heavy atom. The van der Waals surface area contributed by atoms with Gasteiger partial charge in [-0.1, -0.05) is 0 Å².